The summed E-state index contributed by atoms with van der Waals surface area (Å²) in [7, 11) is 1.78. The monoisotopic (exact) mass is 558 g/mol. The van der Waals surface area contributed by atoms with E-state index < -0.39 is 0 Å². The Morgan fingerprint density at radius 3 is 2.20 bits per heavy atom. The first-order valence-corrected chi connectivity index (χ1v) is 15.7. The van der Waals surface area contributed by atoms with Gasteiger partial charge in [-0.2, -0.15) is 0 Å². The maximum Gasteiger partial charge on any atom is 0.134 e. The molecule has 216 valence electrons. The van der Waals surface area contributed by atoms with Gasteiger partial charge in [0.2, 0.25) is 0 Å². The van der Waals surface area contributed by atoms with Crippen LogP contribution in [0.5, 0.6) is 0 Å². The standard InChI is InChI=1S/C15H24N4S.C11H14.C9H12/c1-11-8-14(9-18-15(11)19-12(2)16-3)20-10-13-4-6-17-7-5-13;1-2-3-5-8-11-9-6-4-7-10-11;1-2-6-9-7-4-3-5-8-9/h8-9,13,17H,4-7,10H2,1-3H3,(H,16,18,19);2-4,6-7,9-10H,5,8H2,1H3;3-5,7-8H,2,6H2,1H3/b;3-2+;. The number of benzene rings is 2. The van der Waals surface area contributed by atoms with E-state index in [2.05, 4.69) is 120 Å². The summed E-state index contributed by atoms with van der Waals surface area (Å²) in [5.41, 5.74) is 4.04. The van der Waals surface area contributed by atoms with Crippen molar-refractivity contribution in [3.05, 3.63) is 102 Å². The molecule has 0 unspecified atom stereocenters. The first kappa shape index (κ1) is 33.3. The quantitative estimate of drug-likeness (QED) is 0.119. The van der Waals surface area contributed by atoms with Gasteiger partial charge < -0.3 is 10.6 Å². The molecule has 4 rings (SSSR count). The largest absolute Gasteiger partial charge is 0.329 e. The molecule has 2 aromatic carbocycles. The van der Waals surface area contributed by atoms with E-state index >= 15 is 0 Å². The van der Waals surface area contributed by atoms with Crippen LogP contribution in [0.1, 0.15) is 63.1 Å². The molecule has 2 N–H and O–H groups in total. The van der Waals surface area contributed by atoms with Crippen LogP contribution in [-0.4, -0.2) is 36.7 Å². The van der Waals surface area contributed by atoms with E-state index in [1.165, 1.54) is 66.1 Å². The van der Waals surface area contributed by atoms with Crippen molar-refractivity contribution in [3.8, 4) is 0 Å². The highest BCUT2D eigenvalue weighted by Crippen LogP contribution is 2.26. The lowest BCUT2D eigenvalue weighted by Crippen LogP contribution is -2.28. The minimum atomic E-state index is 0.842. The Labute approximate surface area is 248 Å². The first-order valence-electron chi connectivity index (χ1n) is 14.7. The molecule has 1 aliphatic heterocycles. The normalized spacial score (nSPS) is 13.7. The maximum atomic E-state index is 4.50. The Morgan fingerprint density at radius 2 is 1.65 bits per heavy atom. The highest BCUT2D eigenvalue weighted by atomic mass is 32.2. The van der Waals surface area contributed by atoms with Crippen LogP contribution in [0, 0.1) is 12.8 Å². The van der Waals surface area contributed by atoms with Gasteiger partial charge in [0.25, 0.3) is 0 Å². The van der Waals surface area contributed by atoms with Crippen LogP contribution >= 0.6 is 11.8 Å². The number of rotatable bonds is 9. The van der Waals surface area contributed by atoms with Crippen LogP contribution in [-0.2, 0) is 12.8 Å². The van der Waals surface area contributed by atoms with Crippen LogP contribution in [0.4, 0.5) is 5.82 Å². The minimum absolute atomic E-state index is 0.842. The Hall–Kier alpha value is -2.89. The summed E-state index contributed by atoms with van der Waals surface area (Å²) in [6.45, 7) is 10.6. The molecule has 1 aromatic heterocycles. The number of aromatic nitrogens is 1. The van der Waals surface area contributed by atoms with E-state index in [1.54, 1.807) is 7.05 Å². The van der Waals surface area contributed by atoms with E-state index in [9.17, 15) is 0 Å². The second-order valence-electron chi connectivity index (χ2n) is 10.1. The van der Waals surface area contributed by atoms with Crippen molar-refractivity contribution in [2.45, 2.75) is 71.1 Å². The summed E-state index contributed by atoms with van der Waals surface area (Å²) < 4.78 is 0. The molecule has 1 saturated heterocycles. The van der Waals surface area contributed by atoms with Gasteiger partial charge in [0.1, 0.15) is 5.82 Å². The van der Waals surface area contributed by atoms with Crippen molar-refractivity contribution in [1.29, 1.82) is 0 Å². The minimum Gasteiger partial charge on any atom is -0.329 e. The molecule has 0 atom stereocenters. The number of aliphatic imine (C=N–C) groups is 1. The van der Waals surface area contributed by atoms with Gasteiger partial charge in [0.15, 0.2) is 0 Å². The van der Waals surface area contributed by atoms with E-state index in [0.717, 1.165) is 30.4 Å². The molecule has 0 amide bonds. The lowest BCUT2D eigenvalue weighted by Gasteiger charge is -2.22. The molecule has 1 aliphatic rings. The summed E-state index contributed by atoms with van der Waals surface area (Å²) >= 11 is 1.93. The average Bonchev–Trinajstić information content (AvgIpc) is 3.00. The predicted molar refractivity (Wildman–Crippen MR) is 178 cm³/mol. The van der Waals surface area contributed by atoms with E-state index in [4.69, 9.17) is 0 Å². The van der Waals surface area contributed by atoms with Crippen LogP contribution in [0.15, 0.2) is 95.0 Å². The second kappa shape index (κ2) is 20.9. The van der Waals surface area contributed by atoms with Crippen molar-refractivity contribution in [1.82, 2.24) is 10.3 Å². The van der Waals surface area contributed by atoms with Gasteiger partial charge in [-0.25, -0.2) is 4.98 Å². The number of nitrogens with zero attached hydrogens (tertiary/aromatic N) is 2. The summed E-state index contributed by atoms with van der Waals surface area (Å²) in [4.78, 5) is 9.87. The Bertz CT molecular complexity index is 1110. The van der Waals surface area contributed by atoms with Crippen molar-refractivity contribution in [2.75, 3.05) is 31.2 Å². The van der Waals surface area contributed by atoms with Crippen molar-refractivity contribution >= 4 is 23.4 Å². The van der Waals surface area contributed by atoms with Gasteiger partial charge in [0.05, 0.1) is 5.84 Å². The second-order valence-corrected chi connectivity index (χ2v) is 11.2. The zero-order valence-electron chi connectivity index (χ0n) is 25.3. The number of nitrogens with one attached hydrogen (secondary N) is 2. The van der Waals surface area contributed by atoms with Crippen LogP contribution in [0.25, 0.3) is 0 Å². The van der Waals surface area contributed by atoms with Crippen molar-refractivity contribution in [2.24, 2.45) is 10.9 Å². The molecule has 5 heteroatoms. The molecule has 40 heavy (non-hydrogen) atoms. The molecule has 0 aliphatic carbocycles. The van der Waals surface area contributed by atoms with Crippen LogP contribution in [0.3, 0.4) is 0 Å². The molecular formula is C35H50N4S. The van der Waals surface area contributed by atoms with Crippen LogP contribution < -0.4 is 10.6 Å². The average molecular weight is 559 g/mol. The lowest BCUT2D eigenvalue weighted by molar-refractivity contribution is 0.408. The Balaban J connectivity index is 0.000000235. The molecule has 3 aromatic rings. The van der Waals surface area contributed by atoms with E-state index in [0.29, 0.717) is 0 Å². The van der Waals surface area contributed by atoms with Gasteiger partial charge in [-0.3, -0.25) is 4.99 Å². The Morgan fingerprint density at radius 1 is 1.02 bits per heavy atom. The van der Waals surface area contributed by atoms with Gasteiger partial charge in [-0.1, -0.05) is 86.2 Å². The molecule has 2 heterocycles. The zero-order valence-corrected chi connectivity index (χ0v) is 26.1. The highest BCUT2D eigenvalue weighted by Gasteiger charge is 2.13. The molecule has 0 saturated carbocycles. The molecule has 0 bridgehead atoms. The van der Waals surface area contributed by atoms with Gasteiger partial charge in [-0.05, 0) is 94.6 Å². The zero-order chi connectivity index (χ0) is 28.8. The van der Waals surface area contributed by atoms with Gasteiger partial charge in [-0.15, -0.1) is 11.8 Å². The number of allylic oxidation sites excluding steroid dienone is 2. The number of hydrogen-bond donors (Lipinski definition) is 2. The summed E-state index contributed by atoms with van der Waals surface area (Å²) in [5, 5.41) is 6.63. The van der Waals surface area contributed by atoms with E-state index in [-0.39, 0.29) is 0 Å². The number of thioether (sulfide) groups is 1. The van der Waals surface area contributed by atoms with E-state index in [1.807, 2.05) is 24.9 Å². The van der Waals surface area contributed by atoms with Crippen molar-refractivity contribution < 1.29 is 0 Å². The number of piperidine rings is 1. The van der Waals surface area contributed by atoms with Crippen molar-refractivity contribution in [3.63, 3.8) is 0 Å². The maximum absolute atomic E-state index is 4.50. The van der Waals surface area contributed by atoms with Gasteiger partial charge >= 0.3 is 0 Å². The third-order valence-corrected chi connectivity index (χ3v) is 7.89. The number of hydrogen-bond acceptors (Lipinski definition) is 4. The number of anilines is 1. The highest BCUT2D eigenvalue weighted by molar-refractivity contribution is 7.99. The smallest absolute Gasteiger partial charge is 0.134 e. The topological polar surface area (TPSA) is 49.3 Å². The number of pyridine rings is 1. The third-order valence-electron chi connectivity index (χ3n) is 6.69. The fraction of sp³-hybridized carbons (Fsp3) is 0.429. The molecular weight excluding hydrogens is 508 g/mol. The predicted octanol–water partition coefficient (Wildman–Crippen LogP) is 8.78. The Kier molecular flexibility index (Phi) is 17.4. The molecule has 0 radical (unpaired) electrons. The molecule has 0 spiro atoms. The third kappa shape index (κ3) is 14.5. The summed E-state index contributed by atoms with van der Waals surface area (Å²) in [6, 6.07) is 23.4. The number of aryl methyl sites for hydroxylation is 3. The fourth-order valence-electron chi connectivity index (χ4n) is 4.24. The lowest BCUT2D eigenvalue weighted by atomic mass is 10.0. The molecule has 4 nitrogen and oxygen atoms in total. The molecule has 1 fully saturated rings. The fourth-order valence-corrected chi connectivity index (χ4v) is 5.39. The summed E-state index contributed by atoms with van der Waals surface area (Å²) in [5.74, 6) is 3.83. The van der Waals surface area contributed by atoms with Crippen LogP contribution in [0.2, 0.25) is 0 Å². The first-order chi connectivity index (χ1) is 19.5. The van der Waals surface area contributed by atoms with Gasteiger partial charge in [0, 0.05) is 23.9 Å². The summed E-state index contributed by atoms with van der Waals surface area (Å²) in [6.07, 6.45) is 13.6. The number of amidine groups is 1. The SMILES string of the molecule is C/C=C/CCc1ccccc1.CCCc1ccccc1.CN=C(C)Nc1ncc(SCC2CCNCC2)cc1C.